The fourth-order valence-electron chi connectivity index (χ4n) is 1.86. The van der Waals surface area contributed by atoms with Crippen LogP contribution in [0.5, 0.6) is 5.75 Å². The molecule has 0 amide bonds. The lowest BCUT2D eigenvalue weighted by Crippen LogP contribution is -2.31. The van der Waals surface area contributed by atoms with Gasteiger partial charge in [0.1, 0.15) is 5.75 Å². The van der Waals surface area contributed by atoms with Gasteiger partial charge in [0, 0.05) is 13.1 Å². The number of para-hydroxylation sites is 2. The summed E-state index contributed by atoms with van der Waals surface area (Å²) in [6, 6.07) is 7.58. The molecule has 1 fully saturated rings. The van der Waals surface area contributed by atoms with Crippen molar-refractivity contribution in [2.45, 2.75) is 19.3 Å². The lowest BCUT2D eigenvalue weighted by atomic mass is 10.3. The standard InChI is InChI=1S/C13H20N2O2/c14-12-6-1-2-7-13(12)16-10-5-9-15-8-3-4-11-17-15/h1-2,6-7H,3-5,8-11,14H2. The zero-order valence-corrected chi connectivity index (χ0v) is 10.1. The first-order chi connectivity index (χ1) is 8.36. The van der Waals surface area contributed by atoms with E-state index in [1.807, 2.05) is 29.3 Å². The average molecular weight is 236 g/mol. The molecule has 2 rings (SSSR count). The number of hydrogen-bond acceptors (Lipinski definition) is 4. The molecule has 1 heterocycles. The summed E-state index contributed by atoms with van der Waals surface area (Å²) in [6.07, 6.45) is 3.36. The minimum atomic E-state index is 0.675. The van der Waals surface area contributed by atoms with Crippen LogP contribution in [0.2, 0.25) is 0 Å². The van der Waals surface area contributed by atoms with Crippen molar-refractivity contribution < 1.29 is 9.57 Å². The summed E-state index contributed by atoms with van der Waals surface area (Å²) < 4.78 is 5.62. The fraction of sp³-hybridized carbons (Fsp3) is 0.538. The molecule has 1 saturated heterocycles. The van der Waals surface area contributed by atoms with Crippen molar-refractivity contribution in [2.24, 2.45) is 0 Å². The van der Waals surface area contributed by atoms with Gasteiger partial charge in [0.05, 0.1) is 18.9 Å². The van der Waals surface area contributed by atoms with Gasteiger partial charge in [-0.15, -0.1) is 0 Å². The number of ether oxygens (including phenoxy) is 1. The second-order valence-corrected chi connectivity index (χ2v) is 4.21. The average Bonchev–Trinajstić information content (AvgIpc) is 2.38. The van der Waals surface area contributed by atoms with Crippen molar-refractivity contribution in [3.63, 3.8) is 0 Å². The van der Waals surface area contributed by atoms with E-state index in [0.717, 1.165) is 31.9 Å². The van der Waals surface area contributed by atoms with Gasteiger partial charge in [-0.3, -0.25) is 4.84 Å². The molecule has 4 nitrogen and oxygen atoms in total. The maximum Gasteiger partial charge on any atom is 0.142 e. The van der Waals surface area contributed by atoms with Crippen LogP contribution in [0.1, 0.15) is 19.3 Å². The molecular weight excluding hydrogens is 216 g/mol. The van der Waals surface area contributed by atoms with Crippen molar-refractivity contribution in [3.05, 3.63) is 24.3 Å². The maximum atomic E-state index is 5.79. The number of rotatable bonds is 5. The lowest BCUT2D eigenvalue weighted by molar-refractivity contribution is -0.181. The molecule has 0 aromatic heterocycles. The fourth-order valence-corrected chi connectivity index (χ4v) is 1.86. The molecule has 0 atom stereocenters. The van der Waals surface area contributed by atoms with Crippen molar-refractivity contribution in [2.75, 3.05) is 32.0 Å². The first kappa shape index (κ1) is 12.2. The number of benzene rings is 1. The van der Waals surface area contributed by atoms with Gasteiger partial charge in [-0.05, 0) is 31.4 Å². The van der Waals surface area contributed by atoms with E-state index in [4.69, 9.17) is 15.3 Å². The van der Waals surface area contributed by atoms with Crippen LogP contribution in [-0.4, -0.2) is 31.4 Å². The quantitative estimate of drug-likeness (QED) is 0.628. The highest BCUT2D eigenvalue weighted by atomic mass is 16.7. The largest absolute Gasteiger partial charge is 0.491 e. The SMILES string of the molecule is Nc1ccccc1OCCCN1CCCCO1. The molecule has 17 heavy (non-hydrogen) atoms. The Labute approximate surface area is 102 Å². The zero-order valence-electron chi connectivity index (χ0n) is 10.1. The predicted molar refractivity (Wildman–Crippen MR) is 67.7 cm³/mol. The molecule has 4 heteroatoms. The summed E-state index contributed by atoms with van der Waals surface area (Å²) in [5, 5.41) is 2.03. The number of anilines is 1. The lowest BCUT2D eigenvalue weighted by Gasteiger charge is -2.25. The summed E-state index contributed by atoms with van der Waals surface area (Å²) in [5.74, 6) is 0.770. The van der Waals surface area contributed by atoms with E-state index in [0.29, 0.717) is 12.3 Å². The van der Waals surface area contributed by atoms with Crippen LogP contribution in [0.15, 0.2) is 24.3 Å². The van der Waals surface area contributed by atoms with Crippen molar-refractivity contribution in [1.82, 2.24) is 5.06 Å². The normalized spacial score (nSPS) is 16.9. The first-order valence-corrected chi connectivity index (χ1v) is 6.21. The Hall–Kier alpha value is -1.26. The Morgan fingerprint density at radius 2 is 2.18 bits per heavy atom. The van der Waals surface area contributed by atoms with E-state index in [1.165, 1.54) is 12.8 Å². The van der Waals surface area contributed by atoms with Crippen LogP contribution >= 0.6 is 0 Å². The van der Waals surface area contributed by atoms with Crippen LogP contribution in [0.4, 0.5) is 5.69 Å². The molecular formula is C13H20N2O2. The van der Waals surface area contributed by atoms with Gasteiger partial charge in [-0.2, -0.15) is 5.06 Å². The van der Waals surface area contributed by atoms with Crippen molar-refractivity contribution in [1.29, 1.82) is 0 Å². The van der Waals surface area contributed by atoms with Gasteiger partial charge in [0.25, 0.3) is 0 Å². The molecule has 0 unspecified atom stereocenters. The minimum absolute atomic E-state index is 0.675. The number of hydroxylamine groups is 2. The molecule has 0 radical (unpaired) electrons. The Bertz CT molecular complexity index is 338. The van der Waals surface area contributed by atoms with E-state index in [9.17, 15) is 0 Å². The highest BCUT2D eigenvalue weighted by Gasteiger charge is 2.09. The Morgan fingerprint density at radius 1 is 1.29 bits per heavy atom. The maximum absolute atomic E-state index is 5.79. The molecule has 0 saturated carbocycles. The van der Waals surface area contributed by atoms with Crippen molar-refractivity contribution >= 4 is 5.69 Å². The number of hydrogen-bond donors (Lipinski definition) is 1. The van der Waals surface area contributed by atoms with E-state index in [1.54, 1.807) is 0 Å². The van der Waals surface area contributed by atoms with E-state index >= 15 is 0 Å². The second kappa shape index (κ2) is 6.47. The van der Waals surface area contributed by atoms with E-state index in [2.05, 4.69) is 0 Å². The van der Waals surface area contributed by atoms with Gasteiger partial charge < -0.3 is 10.5 Å². The van der Waals surface area contributed by atoms with Crippen LogP contribution in [-0.2, 0) is 4.84 Å². The number of nitrogen functional groups attached to an aromatic ring is 1. The predicted octanol–water partition coefficient (Wildman–Crippen LogP) is 2.07. The number of nitrogens with two attached hydrogens (primary N) is 1. The van der Waals surface area contributed by atoms with Gasteiger partial charge in [-0.1, -0.05) is 12.1 Å². The van der Waals surface area contributed by atoms with Crippen LogP contribution < -0.4 is 10.5 Å². The smallest absolute Gasteiger partial charge is 0.142 e. The monoisotopic (exact) mass is 236 g/mol. The van der Waals surface area contributed by atoms with Gasteiger partial charge in [0.2, 0.25) is 0 Å². The second-order valence-electron chi connectivity index (χ2n) is 4.21. The molecule has 0 aliphatic carbocycles. The molecule has 1 aromatic rings. The Balaban J connectivity index is 1.64. The zero-order chi connectivity index (χ0) is 11.9. The molecule has 2 N–H and O–H groups in total. The molecule has 94 valence electrons. The molecule has 1 aromatic carbocycles. The highest BCUT2D eigenvalue weighted by molar-refractivity contribution is 5.51. The first-order valence-electron chi connectivity index (χ1n) is 6.21. The topological polar surface area (TPSA) is 47.7 Å². The molecule has 0 spiro atoms. The third-order valence-electron chi connectivity index (χ3n) is 2.80. The van der Waals surface area contributed by atoms with E-state index in [-0.39, 0.29) is 0 Å². The van der Waals surface area contributed by atoms with Gasteiger partial charge in [-0.25, -0.2) is 0 Å². The molecule has 0 bridgehead atoms. The van der Waals surface area contributed by atoms with E-state index < -0.39 is 0 Å². The summed E-state index contributed by atoms with van der Waals surface area (Å²) in [7, 11) is 0. The third-order valence-corrected chi connectivity index (χ3v) is 2.80. The molecule has 1 aliphatic rings. The Morgan fingerprint density at radius 3 is 2.94 bits per heavy atom. The third kappa shape index (κ3) is 3.91. The van der Waals surface area contributed by atoms with Gasteiger partial charge >= 0.3 is 0 Å². The van der Waals surface area contributed by atoms with Crippen LogP contribution in [0.25, 0.3) is 0 Å². The minimum Gasteiger partial charge on any atom is -0.491 e. The number of nitrogens with zero attached hydrogens (tertiary/aromatic N) is 1. The van der Waals surface area contributed by atoms with Crippen LogP contribution in [0.3, 0.4) is 0 Å². The van der Waals surface area contributed by atoms with Gasteiger partial charge in [0.15, 0.2) is 0 Å². The Kier molecular flexibility index (Phi) is 4.64. The van der Waals surface area contributed by atoms with Crippen LogP contribution in [0, 0.1) is 0 Å². The molecule has 1 aliphatic heterocycles. The van der Waals surface area contributed by atoms with Crippen molar-refractivity contribution in [3.8, 4) is 5.75 Å². The summed E-state index contributed by atoms with van der Waals surface area (Å²) in [5.41, 5.74) is 6.48. The summed E-state index contributed by atoms with van der Waals surface area (Å²) >= 11 is 0. The summed E-state index contributed by atoms with van der Waals surface area (Å²) in [4.78, 5) is 5.51. The highest BCUT2D eigenvalue weighted by Crippen LogP contribution is 2.19. The summed E-state index contributed by atoms with van der Waals surface area (Å²) in [6.45, 7) is 3.49.